The first-order valence-corrected chi connectivity index (χ1v) is 15.1. The predicted octanol–water partition coefficient (Wildman–Crippen LogP) is 5.21. The highest BCUT2D eigenvalue weighted by Crippen LogP contribution is 2.67. The monoisotopic (exact) mass is 697 g/mol. The first-order chi connectivity index (χ1) is 19.8. The number of methoxy groups -OCH3 is 1. The van der Waals surface area contributed by atoms with Gasteiger partial charge in [0.05, 0.1) is 35.3 Å². The number of Topliss-reactive ketones (excluding diaryl/α,β-unsaturated/α-hetero) is 2. The number of phenols is 1. The van der Waals surface area contributed by atoms with Crippen LogP contribution >= 0.6 is 31.9 Å². The third-order valence-corrected chi connectivity index (χ3v) is 12.0. The Balaban J connectivity index is 1.69. The number of carbonyl (C=O) groups is 2. The van der Waals surface area contributed by atoms with Crippen LogP contribution < -0.4 is 16.1 Å². The summed E-state index contributed by atoms with van der Waals surface area (Å²) in [5, 5.41) is 10.7. The predicted molar refractivity (Wildman–Crippen MR) is 163 cm³/mol. The number of hydrogen-bond donors (Lipinski definition) is 1. The van der Waals surface area contributed by atoms with E-state index < -0.39 is 34.2 Å². The number of allylic oxidation sites excluding steroid dienone is 4. The number of aromatic nitrogens is 3. The van der Waals surface area contributed by atoms with Gasteiger partial charge in [0, 0.05) is 15.8 Å². The maximum atomic E-state index is 14.4. The van der Waals surface area contributed by atoms with Gasteiger partial charge in [-0.3, -0.25) is 9.59 Å². The number of rotatable bonds is 3. The summed E-state index contributed by atoms with van der Waals surface area (Å²) >= 11 is 7.09. The number of phenolic OH excluding ortho intramolecular Hbond substituents is 1. The van der Waals surface area contributed by atoms with Crippen LogP contribution in [0.25, 0.3) is 5.69 Å². The molecule has 1 N–H and O–H groups in total. The number of ether oxygens (including phenoxy) is 1. The van der Waals surface area contributed by atoms with E-state index in [2.05, 4.69) is 31.9 Å². The molecule has 3 aliphatic rings. The van der Waals surface area contributed by atoms with Crippen molar-refractivity contribution in [2.45, 2.75) is 52.6 Å². The van der Waals surface area contributed by atoms with Crippen LogP contribution in [0.2, 0.25) is 0 Å². The van der Waals surface area contributed by atoms with Gasteiger partial charge in [-0.05, 0) is 92.6 Å². The lowest BCUT2D eigenvalue weighted by molar-refractivity contribution is -0.151. The summed E-state index contributed by atoms with van der Waals surface area (Å²) in [6.07, 6.45) is 2.04. The molecule has 218 valence electrons. The van der Waals surface area contributed by atoms with Crippen LogP contribution in [0.1, 0.15) is 51.6 Å². The Morgan fingerprint density at radius 3 is 2.24 bits per heavy atom. The Hall–Kier alpha value is -3.44. The summed E-state index contributed by atoms with van der Waals surface area (Å²) in [5.74, 6) is -0.960. The fourth-order valence-electron chi connectivity index (χ4n) is 7.32. The highest BCUT2D eigenvalue weighted by Gasteiger charge is 2.67. The summed E-state index contributed by atoms with van der Waals surface area (Å²) in [4.78, 5) is 56.3. The zero-order valence-corrected chi connectivity index (χ0v) is 26.9. The van der Waals surface area contributed by atoms with Gasteiger partial charge in [0.25, 0.3) is 0 Å². The molecule has 0 spiro atoms. The molecule has 1 aliphatic heterocycles. The molecule has 11 heteroatoms. The lowest BCUT2D eigenvalue weighted by Gasteiger charge is -2.58. The van der Waals surface area contributed by atoms with Crippen molar-refractivity contribution >= 4 is 43.4 Å². The van der Waals surface area contributed by atoms with Crippen molar-refractivity contribution in [3.05, 3.63) is 94.7 Å². The Morgan fingerprint density at radius 1 is 0.952 bits per heavy atom. The van der Waals surface area contributed by atoms with Crippen molar-refractivity contribution in [2.24, 2.45) is 10.8 Å². The minimum atomic E-state index is -1.26. The number of aromatic hydroxyl groups is 1. The van der Waals surface area contributed by atoms with Gasteiger partial charge in [0.2, 0.25) is 0 Å². The number of hydrogen-bond acceptors (Lipinski definition) is 6. The van der Waals surface area contributed by atoms with Gasteiger partial charge < -0.3 is 9.84 Å². The molecule has 0 bridgehead atoms. The lowest BCUT2D eigenvalue weighted by Crippen LogP contribution is -2.61. The van der Waals surface area contributed by atoms with Crippen molar-refractivity contribution in [3.63, 3.8) is 0 Å². The van der Waals surface area contributed by atoms with Crippen LogP contribution in [0.15, 0.2) is 77.7 Å². The summed E-state index contributed by atoms with van der Waals surface area (Å²) in [6, 6.07) is 9.69. The van der Waals surface area contributed by atoms with Gasteiger partial charge in [-0.2, -0.15) is 0 Å². The van der Waals surface area contributed by atoms with Crippen LogP contribution in [-0.4, -0.2) is 37.7 Å². The van der Waals surface area contributed by atoms with E-state index >= 15 is 0 Å². The average Bonchev–Trinajstić information content (AvgIpc) is 3.24. The van der Waals surface area contributed by atoms with Crippen molar-refractivity contribution in [2.75, 3.05) is 7.11 Å². The summed E-state index contributed by atoms with van der Waals surface area (Å²) in [7, 11) is 1.44. The quantitative estimate of drug-likeness (QED) is 0.376. The van der Waals surface area contributed by atoms with Gasteiger partial charge in [-0.15, -0.1) is 0 Å². The lowest BCUT2D eigenvalue weighted by atomic mass is 9.43. The number of ketones is 2. The molecule has 1 aromatic heterocycles. The van der Waals surface area contributed by atoms with E-state index in [1.165, 1.54) is 16.5 Å². The summed E-state index contributed by atoms with van der Waals surface area (Å²) < 4.78 is 10.3. The molecule has 0 amide bonds. The number of nitrogens with zero attached hydrogens (tertiary/aromatic N) is 3. The molecule has 4 atom stereocenters. The van der Waals surface area contributed by atoms with Crippen LogP contribution in [0, 0.1) is 10.8 Å². The van der Waals surface area contributed by atoms with Crippen LogP contribution in [0.4, 0.5) is 0 Å². The highest BCUT2D eigenvalue weighted by atomic mass is 79.9. The molecule has 2 heterocycles. The molecule has 42 heavy (non-hydrogen) atoms. The van der Waals surface area contributed by atoms with Crippen LogP contribution in [-0.2, 0) is 16.1 Å². The fourth-order valence-corrected chi connectivity index (χ4v) is 8.27. The summed E-state index contributed by atoms with van der Waals surface area (Å²) in [6.45, 7) is 7.08. The molecular formula is C31H29Br2N3O6. The number of para-hydroxylation sites is 1. The van der Waals surface area contributed by atoms with Crippen molar-refractivity contribution in [1.29, 1.82) is 0 Å². The fraction of sp³-hybridized carbons (Fsp3) is 0.355. The first-order valence-electron chi connectivity index (χ1n) is 13.5. The zero-order chi connectivity index (χ0) is 30.5. The highest BCUT2D eigenvalue weighted by molar-refractivity contribution is 9.13. The molecule has 6 rings (SSSR count). The van der Waals surface area contributed by atoms with E-state index in [0.717, 1.165) is 10.1 Å². The van der Waals surface area contributed by atoms with Gasteiger partial charge in [-0.1, -0.05) is 38.1 Å². The number of fused-ring (bicyclic) bond motifs is 4. The number of carbonyl (C=O) groups excluding carboxylic acids is 2. The Kier molecular flexibility index (Phi) is 6.51. The Bertz CT molecular complexity index is 1900. The van der Waals surface area contributed by atoms with E-state index in [-0.39, 0.29) is 36.0 Å². The Labute approximate surface area is 258 Å². The van der Waals surface area contributed by atoms with E-state index in [4.69, 9.17) is 4.74 Å². The molecule has 2 aromatic carbocycles. The van der Waals surface area contributed by atoms with Gasteiger partial charge in [0.15, 0.2) is 23.1 Å². The second-order valence-corrected chi connectivity index (χ2v) is 13.2. The third kappa shape index (κ3) is 3.46. The normalized spacial score (nSPS) is 26.9. The molecule has 0 unspecified atom stereocenters. The molecule has 0 radical (unpaired) electrons. The SMILES string of the molecule is COc1cc([C@H]2C3=CCn4c(=O)n(-c5ccccc5)c(=O)n4[C@@H]3C[C@@]3(C)C(=O)C(C)=C(C)C(=O)[C@@]23C)c(Br)c(Br)c1O. The topological polar surface area (TPSA) is 113 Å². The second-order valence-electron chi connectivity index (χ2n) is 11.6. The zero-order valence-electron chi connectivity index (χ0n) is 23.7. The number of benzene rings is 2. The third-order valence-electron chi connectivity index (χ3n) is 9.83. The Morgan fingerprint density at radius 2 is 1.60 bits per heavy atom. The largest absolute Gasteiger partial charge is 0.503 e. The van der Waals surface area contributed by atoms with E-state index in [9.17, 15) is 24.3 Å². The van der Waals surface area contributed by atoms with Crippen molar-refractivity contribution in [3.8, 4) is 17.2 Å². The molecule has 0 saturated heterocycles. The van der Waals surface area contributed by atoms with Crippen molar-refractivity contribution < 1.29 is 19.4 Å². The van der Waals surface area contributed by atoms with Crippen LogP contribution in [0.3, 0.4) is 0 Å². The van der Waals surface area contributed by atoms with E-state index in [0.29, 0.717) is 31.3 Å². The van der Waals surface area contributed by atoms with Crippen LogP contribution in [0.5, 0.6) is 11.5 Å². The molecule has 3 aromatic rings. The van der Waals surface area contributed by atoms with Gasteiger partial charge >= 0.3 is 11.4 Å². The maximum Gasteiger partial charge on any atom is 0.352 e. The van der Waals surface area contributed by atoms with Crippen molar-refractivity contribution in [1.82, 2.24) is 13.9 Å². The number of halogens is 2. The molecular weight excluding hydrogens is 670 g/mol. The minimum Gasteiger partial charge on any atom is -0.503 e. The average molecular weight is 699 g/mol. The second kappa shape index (κ2) is 9.54. The minimum absolute atomic E-state index is 0.104. The standard InChI is InChI=1S/C31H29Br2N3O6/c1-15-16(2)27(39)31(4)22(19-13-21(42-5)25(37)24(33)23(19)32)18-11-12-34-28(40)35(17-9-7-6-8-10-17)29(41)36(34)20(18)14-30(31,3)26(15)38/h6-11,13,20,22,37H,12,14H2,1-5H3/t20-,22-,30+,31-/m1/s1. The molecule has 2 aliphatic carbocycles. The maximum absolute atomic E-state index is 14.4. The smallest absolute Gasteiger partial charge is 0.352 e. The van der Waals surface area contributed by atoms with Gasteiger partial charge in [0.1, 0.15) is 0 Å². The molecule has 1 saturated carbocycles. The first kappa shape index (κ1) is 28.7. The molecule has 1 fully saturated rings. The molecule has 9 nitrogen and oxygen atoms in total. The summed E-state index contributed by atoms with van der Waals surface area (Å²) in [5.41, 5.74) is -0.878. The van der Waals surface area contributed by atoms with E-state index in [1.54, 1.807) is 57.2 Å². The van der Waals surface area contributed by atoms with E-state index in [1.807, 2.05) is 13.0 Å². The van der Waals surface area contributed by atoms with Gasteiger partial charge in [-0.25, -0.2) is 23.5 Å².